The molecule has 0 atom stereocenters. The van der Waals surface area contributed by atoms with Crippen LogP contribution in [0.2, 0.25) is 0 Å². The number of aromatic nitrogens is 4. The van der Waals surface area contributed by atoms with Crippen LogP contribution in [0.4, 0.5) is 0 Å². The van der Waals surface area contributed by atoms with Gasteiger partial charge >= 0.3 is 0 Å². The highest BCUT2D eigenvalue weighted by atomic mass is 15.2. The topological polar surface area (TPSA) is 43.6 Å². The largest absolute Gasteiger partial charge is 0.278 e. The second-order valence-electron chi connectivity index (χ2n) is 14.7. The molecule has 56 heavy (non-hydrogen) atoms. The molecule has 2 aromatic heterocycles. The summed E-state index contributed by atoms with van der Waals surface area (Å²) in [5.74, 6) is 1.87. The molecule has 0 aliphatic heterocycles. The van der Waals surface area contributed by atoms with Crippen LogP contribution in [0, 0.1) is 0 Å². The van der Waals surface area contributed by atoms with E-state index in [1.807, 2.05) is 60.7 Å². The van der Waals surface area contributed by atoms with Gasteiger partial charge in [-0.3, -0.25) is 4.57 Å². The zero-order valence-corrected chi connectivity index (χ0v) is 30.3. The van der Waals surface area contributed by atoms with Crippen LogP contribution >= 0.6 is 0 Å². The van der Waals surface area contributed by atoms with Gasteiger partial charge in [-0.2, -0.15) is 9.97 Å². The van der Waals surface area contributed by atoms with Gasteiger partial charge in [0.05, 0.1) is 16.4 Å². The Bertz CT molecular complexity index is 3080. The molecule has 260 valence electrons. The van der Waals surface area contributed by atoms with Crippen molar-refractivity contribution in [2.45, 2.75) is 5.41 Å². The molecular weight excluding hydrogens is 681 g/mol. The number of hydrogen-bond acceptors (Lipinski definition) is 3. The molecule has 4 nitrogen and oxygen atoms in total. The summed E-state index contributed by atoms with van der Waals surface area (Å²) < 4.78 is 2.19. The van der Waals surface area contributed by atoms with Gasteiger partial charge in [0.1, 0.15) is 0 Å². The summed E-state index contributed by atoms with van der Waals surface area (Å²) in [6, 6.07) is 69.8. The van der Waals surface area contributed by atoms with Crippen LogP contribution in [0.15, 0.2) is 194 Å². The lowest BCUT2D eigenvalue weighted by Gasteiger charge is -2.30. The van der Waals surface area contributed by atoms with E-state index in [1.165, 1.54) is 55.6 Å². The number of nitrogens with zero attached hydrogens (tertiary/aromatic N) is 4. The second-order valence-corrected chi connectivity index (χ2v) is 14.7. The minimum absolute atomic E-state index is 0.388. The fraction of sp³-hybridized carbons (Fsp3) is 0.0192. The Labute approximate surface area is 324 Å². The van der Waals surface area contributed by atoms with E-state index in [-0.39, 0.29) is 5.41 Å². The normalized spacial score (nSPS) is 13.1. The molecular formula is C52H32N4. The smallest absolute Gasteiger partial charge is 0.238 e. The quantitative estimate of drug-likeness (QED) is 0.182. The van der Waals surface area contributed by atoms with Gasteiger partial charge in [0.25, 0.3) is 0 Å². The Morgan fingerprint density at radius 3 is 1.39 bits per heavy atom. The lowest BCUT2D eigenvalue weighted by atomic mass is 9.70. The average molecular weight is 713 g/mol. The standard InChI is InChI=1S/C52H32N4/c1-3-15-33(16-4-1)49-53-50(34-17-5-2-6-18-34)55-51(54-49)56-47-26-14-10-22-41(47)42-31-35(28-30-48(42)56)36-27-29-40-39-21-9-13-25-45(39)52(46(40)32-36)43-23-11-7-19-37(43)38-20-8-12-24-44(38)52/h1-32H. The maximum absolute atomic E-state index is 5.13. The fourth-order valence-electron chi connectivity index (χ4n) is 9.54. The Hall–Kier alpha value is -7.43. The van der Waals surface area contributed by atoms with Crippen LogP contribution < -0.4 is 0 Å². The lowest BCUT2D eigenvalue weighted by molar-refractivity contribution is 0.794. The van der Waals surface area contributed by atoms with Crippen LogP contribution in [-0.2, 0) is 5.41 Å². The maximum atomic E-state index is 5.13. The minimum atomic E-state index is -0.388. The summed E-state index contributed by atoms with van der Waals surface area (Å²) in [7, 11) is 0. The van der Waals surface area contributed by atoms with E-state index in [4.69, 9.17) is 15.0 Å². The predicted octanol–water partition coefficient (Wildman–Crippen LogP) is 12.3. The third-order valence-corrected chi connectivity index (χ3v) is 11.9. The molecule has 0 unspecified atom stereocenters. The van der Waals surface area contributed by atoms with Crippen LogP contribution in [0.3, 0.4) is 0 Å². The first-order valence-electron chi connectivity index (χ1n) is 19.1. The zero-order chi connectivity index (χ0) is 36.8. The van der Waals surface area contributed by atoms with Crippen molar-refractivity contribution < 1.29 is 0 Å². The van der Waals surface area contributed by atoms with E-state index in [9.17, 15) is 0 Å². The molecule has 2 aliphatic carbocycles. The SMILES string of the molecule is c1ccc(-c2nc(-c3ccccc3)nc(-n3c4ccccc4c4cc(-c5ccc6c(c5)C5(c7ccccc7-c7ccccc75)c5ccccc5-6)ccc43)n2)cc1. The number of para-hydroxylation sites is 1. The molecule has 0 bridgehead atoms. The number of benzene rings is 8. The van der Waals surface area contributed by atoms with Crippen LogP contribution in [0.1, 0.15) is 22.3 Å². The first-order valence-corrected chi connectivity index (χ1v) is 19.1. The summed E-state index contributed by atoms with van der Waals surface area (Å²) in [6.07, 6.45) is 0. The van der Waals surface area contributed by atoms with Crippen LogP contribution in [0.5, 0.6) is 0 Å². The van der Waals surface area contributed by atoms with Crippen molar-refractivity contribution in [1.82, 2.24) is 19.5 Å². The molecule has 12 rings (SSSR count). The van der Waals surface area contributed by atoms with E-state index < -0.39 is 0 Å². The Morgan fingerprint density at radius 2 is 0.786 bits per heavy atom. The molecule has 0 radical (unpaired) electrons. The second kappa shape index (κ2) is 11.8. The number of rotatable bonds is 4. The van der Waals surface area contributed by atoms with Gasteiger partial charge < -0.3 is 0 Å². The first kappa shape index (κ1) is 31.0. The van der Waals surface area contributed by atoms with Crippen molar-refractivity contribution >= 4 is 21.8 Å². The lowest BCUT2D eigenvalue weighted by Crippen LogP contribution is -2.25. The van der Waals surface area contributed by atoms with E-state index in [0.29, 0.717) is 17.6 Å². The molecule has 0 fully saturated rings. The summed E-state index contributed by atoms with van der Waals surface area (Å²) >= 11 is 0. The highest BCUT2D eigenvalue weighted by Crippen LogP contribution is 2.63. The third-order valence-electron chi connectivity index (χ3n) is 11.9. The van der Waals surface area contributed by atoms with Crippen LogP contribution in [-0.4, -0.2) is 19.5 Å². The predicted molar refractivity (Wildman–Crippen MR) is 227 cm³/mol. The summed E-state index contributed by atoms with van der Waals surface area (Å²) in [5.41, 5.74) is 16.6. The van der Waals surface area contributed by atoms with Gasteiger partial charge in [-0.05, 0) is 79.9 Å². The Morgan fingerprint density at radius 1 is 0.321 bits per heavy atom. The van der Waals surface area contributed by atoms with Gasteiger partial charge in [-0.25, -0.2) is 4.98 Å². The van der Waals surface area contributed by atoms with E-state index in [0.717, 1.165) is 32.9 Å². The molecule has 0 N–H and O–H groups in total. The van der Waals surface area contributed by atoms with Crippen molar-refractivity contribution in [2.75, 3.05) is 0 Å². The van der Waals surface area contributed by atoms with Crippen LogP contribution in [0.25, 0.3) is 83.9 Å². The van der Waals surface area contributed by atoms with Gasteiger partial charge in [0.15, 0.2) is 11.6 Å². The van der Waals surface area contributed by atoms with Gasteiger partial charge in [0, 0.05) is 21.9 Å². The number of fused-ring (bicyclic) bond motifs is 13. The van der Waals surface area contributed by atoms with Gasteiger partial charge in [-0.1, -0.05) is 170 Å². The molecule has 0 saturated heterocycles. The monoisotopic (exact) mass is 712 g/mol. The van der Waals surface area contributed by atoms with E-state index in [1.54, 1.807) is 0 Å². The third kappa shape index (κ3) is 4.27. The molecule has 0 amide bonds. The molecule has 8 aromatic carbocycles. The summed E-state index contributed by atoms with van der Waals surface area (Å²) in [4.78, 5) is 15.2. The Balaban J connectivity index is 1.07. The summed E-state index contributed by atoms with van der Waals surface area (Å²) in [5, 5.41) is 2.30. The summed E-state index contributed by atoms with van der Waals surface area (Å²) in [6.45, 7) is 0. The first-order chi connectivity index (χ1) is 27.8. The molecule has 10 aromatic rings. The highest BCUT2D eigenvalue weighted by molar-refractivity contribution is 6.10. The Kier molecular flexibility index (Phi) is 6.52. The number of hydrogen-bond donors (Lipinski definition) is 0. The van der Waals surface area contributed by atoms with E-state index in [2.05, 4.69) is 138 Å². The van der Waals surface area contributed by atoms with Crippen molar-refractivity contribution in [1.29, 1.82) is 0 Å². The van der Waals surface area contributed by atoms with Gasteiger partial charge in [-0.15, -0.1) is 0 Å². The molecule has 2 aliphatic rings. The van der Waals surface area contributed by atoms with Crippen molar-refractivity contribution in [3.63, 3.8) is 0 Å². The van der Waals surface area contributed by atoms with E-state index >= 15 is 0 Å². The molecule has 2 heterocycles. The minimum Gasteiger partial charge on any atom is -0.278 e. The molecule has 4 heteroatoms. The average Bonchev–Trinajstić information content (AvgIpc) is 3.88. The van der Waals surface area contributed by atoms with Gasteiger partial charge in [0.2, 0.25) is 5.95 Å². The van der Waals surface area contributed by atoms with Crippen molar-refractivity contribution in [3.05, 3.63) is 216 Å². The molecule has 1 spiro atoms. The molecule has 0 saturated carbocycles. The van der Waals surface area contributed by atoms with Crippen molar-refractivity contribution in [3.8, 4) is 62.1 Å². The fourth-order valence-corrected chi connectivity index (χ4v) is 9.54. The van der Waals surface area contributed by atoms with Crippen molar-refractivity contribution in [2.24, 2.45) is 0 Å². The zero-order valence-electron chi connectivity index (χ0n) is 30.3. The highest BCUT2D eigenvalue weighted by Gasteiger charge is 2.51. The maximum Gasteiger partial charge on any atom is 0.238 e.